The highest BCUT2D eigenvalue weighted by Gasteiger charge is 2.40. The molecule has 18 heavy (non-hydrogen) atoms. The van der Waals surface area contributed by atoms with E-state index in [-0.39, 0.29) is 6.04 Å². The van der Waals surface area contributed by atoms with Crippen LogP contribution in [0.3, 0.4) is 0 Å². The molecule has 1 unspecified atom stereocenters. The number of hydrogen-bond acceptors (Lipinski definition) is 4. The molecule has 102 valence electrons. The van der Waals surface area contributed by atoms with Crippen LogP contribution in [0.5, 0.6) is 0 Å². The van der Waals surface area contributed by atoms with Crippen molar-refractivity contribution in [2.24, 2.45) is 24.1 Å². The molecule has 0 amide bonds. The Morgan fingerprint density at radius 2 is 2.00 bits per heavy atom. The quantitative estimate of drug-likeness (QED) is 0.864. The van der Waals surface area contributed by atoms with Crippen molar-refractivity contribution in [2.75, 3.05) is 0 Å². The van der Waals surface area contributed by atoms with Gasteiger partial charge in [0, 0.05) is 12.5 Å². The highest BCUT2D eigenvalue weighted by Crippen LogP contribution is 2.45. The van der Waals surface area contributed by atoms with Crippen molar-refractivity contribution in [3.05, 3.63) is 5.82 Å². The zero-order chi connectivity index (χ0) is 13.2. The third kappa shape index (κ3) is 2.88. The number of rotatable bonds is 5. The summed E-state index contributed by atoms with van der Waals surface area (Å²) in [7, 11) is 1.79. The van der Waals surface area contributed by atoms with Gasteiger partial charge in [0.15, 0.2) is 5.82 Å². The topological polar surface area (TPSA) is 69.6 Å². The Hall–Kier alpha value is -0.970. The van der Waals surface area contributed by atoms with Gasteiger partial charge >= 0.3 is 0 Å². The van der Waals surface area contributed by atoms with Crippen LogP contribution >= 0.6 is 0 Å². The van der Waals surface area contributed by atoms with Gasteiger partial charge in [-0.15, -0.1) is 10.2 Å². The van der Waals surface area contributed by atoms with E-state index >= 15 is 0 Å². The van der Waals surface area contributed by atoms with Gasteiger partial charge in [0.1, 0.15) is 0 Å². The van der Waals surface area contributed by atoms with Crippen molar-refractivity contribution < 1.29 is 0 Å². The lowest BCUT2D eigenvalue weighted by atomic mass is 9.72. The maximum Gasteiger partial charge on any atom is 0.176 e. The predicted octanol–water partition coefficient (Wildman–Crippen LogP) is 1.69. The van der Waals surface area contributed by atoms with Crippen molar-refractivity contribution in [3.63, 3.8) is 0 Å². The van der Waals surface area contributed by atoms with Crippen LogP contribution in [0.2, 0.25) is 0 Å². The van der Waals surface area contributed by atoms with Gasteiger partial charge in [0.25, 0.3) is 0 Å². The molecule has 0 aliphatic heterocycles. The summed E-state index contributed by atoms with van der Waals surface area (Å²) in [5.41, 5.74) is 6.79. The Kier molecular flexibility index (Phi) is 4.00. The van der Waals surface area contributed by atoms with Gasteiger partial charge in [-0.05, 0) is 35.8 Å². The second-order valence-corrected chi connectivity index (χ2v) is 6.17. The normalized spacial score (nSPS) is 20.5. The van der Waals surface area contributed by atoms with E-state index in [2.05, 4.69) is 29.3 Å². The Morgan fingerprint density at radius 1 is 1.33 bits per heavy atom. The summed E-state index contributed by atoms with van der Waals surface area (Å²) in [6.45, 7) is 4.57. The fourth-order valence-electron chi connectivity index (χ4n) is 3.44. The van der Waals surface area contributed by atoms with Crippen LogP contribution in [0.1, 0.15) is 51.8 Å². The molecule has 1 aromatic rings. The number of nitrogens with two attached hydrogens (primary N) is 1. The molecule has 0 radical (unpaired) electrons. The molecule has 1 aliphatic carbocycles. The fourth-order valence-corrected chi connectivity index (χ4v) is 3.44. The van der Waals surface area contributed by atoms with Crippen LogP contribution in [0, 0.1) is 11.3 Å². The molecule has 1 heterocycles. The van der Waals surface area contributed by atoms with E-state index < -0.39 is 0 Å². The monoisotopic (exact) mass is 251 g/mol. The second-order valence-electron chi connectivity index (χ2n) is 6.17. The second kappa shape index (κ2) is 5.34. The fraction of sp³-hybridized carbons (Fsp3) is 0.923. The van der Waals surface area contributed by atoms with Crippen LogP contribution in [0.4, 0.5) is 0 Å². The minimum absolute atomic E-state index is 0.159. The summed E-state index contributed by atoms with van der Waals surface area (Å²) in [4.78, 5) is 1.51. The summed E-state index contributed by atoms with van der Waals surface area (Å²) in [6.07, 6.45) is 7.11. The average Bonchev–Trinajstić information content (AvgIpc) is 2.88. The number of aryl methyl sites for hydroxylation is 1. The Balaban J connectivity index is 2.06. The molecule has 5 nitrogen and oxygen atoms in total. The molecule has 0 aromatic carbocycles. The zero-order valence-electron chi connectivity index (χ0n) is 11.8. The largest absolute Gasteiger partial charge is 0.327 e. The van der Waals surface area contributed by atoms with E-state index in [1.165, 1.54) is 36.9 Å². The summed E-state index contributed by atoms with van der Waals surface area (Å²) >= 11 is 0. The van der Waals surface area contributed by atoms with Crippen LogP contribution < -0.4 is 5.73 Å². The van der Waals surface area contributed by atoms with E-state index in [1.54, 1.807) is 7.05 Å². The summed E-state index contributed by atoms with van der Waals surface area (Å²) in [6, 6.07) is 0.159. The minimum atomic E-state index is 0.159. The molecular formula is C13H25N5. The van der Waals surface area contributed by atoms with Gasteiger partial charge in [-0.3, -0.25) is 0 Å². The van der Waals surface area contributed by atoms with Gasteiger partial charge < -0.3 is 5.73 Å². The maximum absolute atomic E-state index is 6.49. The lowest BCUT2D eigenvalue weighted by Crippen LogP contribution is -2.42. The lowest BCUT2D eigenvalue weighted by molar-refractivity contribution is 0.180. The average molecular weight is 251 g/mol. The zero-order valence-corrected chi connectivity index (χ0v) is 11.8. The highest BCUT2D eigenvalue weighted by atomic mass is 15.6. The smallest absolute Gasteiger partial charge is 0.176 e. The van der Waals surface area contributed by atoms with E-state index in [0.29, 0.717) is 11.3 Å². The summed E-state index contributed by atoms with van der Waals surface area (Å²) < 4.78 is 0. The van der Waals surface area contributed by atoms with Crippen LogP contribution in [-0.2, 0) is 13.5 Å². The summed E-state index contributed by atoms with van der Waals surface area (Å²) in [5, 5.41) is 12.2. The van der Waals surface area contributed by atoms with Crippen molar-refractivity contribution in [1.29, 1.82) is 0 Å². The van der Waals surface area contributed by atoms with E-state index in [4.69, 9.17) is 5.73 Å². The van der Waals surface area contributed by atoms with Crippen LogP contribution in [0.15, 0.2) is 0 Å². The highest BCUT2D eigenvalue weighted by molar-refractivity contribution is 4.98. The lowest BCUT2D eigenvalue weighted by Gasteiger charge is -2.36. The Labute approximate surface area is 109 Å². The molecular weight excluding hydrogens is 226 g/mol. The van der Waals surface area contributed by atoms with Crippen LogP contribution in [0.25, 0.3) is 0 Å². The molecule has 1 aliphatic rings. The summed E-state index contributed by atoms with van der Waals surface area (Å²) in [5.74, 6) is 1.48. The molecule has 1 aromatic heterocycles. The minimum Gasteiger partial charge on any atom is -0.327 e. The van der Waals surface area contributed by atoms with Crippen LogP contribution in [-0.4, -0.2) is 26.2 Å². The first-order chi connectivity index (χ1) is 8.52. The third-order valence-corrected chi connectivity index (χ3v) is 4.15. The molecule has 2 N–H and O–H groups in total. The molecule has 1 atom stereocenters. The standard InChI is InChI=1S/C13H25N5/c1-10(2)9-13(6-4-5-7-13)11(14)8-12-15-17-18(3)16-12/h10-11H,4-9,14H2,1-3H3. The van der Waals surface area contributed by atoms with Crippen molar-refractivity contribution in [2.45, 2.75) is 58.4 Å². The SMILES string of the molecule is CC(C)CC1(C(N)Cc2nnn(C)n2)CCCC1. The van der Waals surface area contributed by atoms with E-state index in [0.717, 1.165) is 12.2 Å². The maximum atomic E-state index is 6.49. The Bertz CT molecular complexity index is 378. The van der Waals surface area contributed by atoms with Gasteiger partial charge in [0.05, 0.1) is 7.05 Å². The third-order valence-electron chi connectivity index (χ3n) is 4.15. The van der Waals surface area contributed by atoms with Gasteiger partial charge in [0.2, 0.25) is 0 Å². The van der Waals surface area contributed by atoms with Crippen molar-refractivity contribution in [3.8, 4) is 0 Å². The number of hydrogen-bond donors (Lipinski definition) is 1. The first kappa shape index (κ1) is 13.5. The Morgan fingerprint density at radius 3 is 2.50 bits per heavy atom. The molecule has 5 heteroatoms. The van der Waals surface area contributed by atoms with Gasteiger partial charge in [-0.2, -0.15) is 4.80 Å². The molecule has 2 rings (SSSR count). The van der Waals surface area contributed by atoms with Crippen molar-refractivity contribution >= 4 is 0 Å². The molecule has 0 saturated heterocycles. The molecule has 1 saturated carbocycles. The van der Waals surface area contributed by atoms with Gasteiger partial charge in [-0.25, -0.2) is 0 Å². The first-order valence-electron chi connectivity index (χ1n) is 7.00. The molecule has 0 bridgehead atoms. The number of nitrogens with zero attached hydrogens (tertiary/aromatic N) is 4. The van der Waals surface area contributed by atoms with E-state index in [9.17, 15) is 0 Å². The molecule has 1 fully saturated rings. The number of tetrazole rings is 1. The predicted molar refractivity (Wildman–Crippen MR) is 70.8 cm³/mol. The first-order valence-corrected chi connectivity index (χ1v) is 7.00. The van der Waals surface area contributed by atoms with E-state index in [1.807, 2.05) is 0 Å². The molecule has 0 spiro atoms. The number of aromatic nitrogens is 4. The van der Waals surface area contributed by atoms with Gasteiger partial charge in [-0.1, -0.05) is 26.7 Å². The van der Waals surface area contributed by atoms with Crippen molar-refractivity contribution in [1.82, 2.24) is 20.2 Å².